The molecule has 2 amide bonds. The van der Waals surface area contributed by atoms with Gasteiger partial charge in [-0.15, -0.1) is 5.11 Å². The SMILES string of the molecule is COc1ccccc1OCCn1c(O)c(N=NC(N)=O)c2ccccc21. The van der Waals surface area contributed by atoms with Crippen LogP contribution in [0.5, 0.6) is 17.4 Å². The molecular formula is C18H18N4O4. The number of benzene rings is 2. The number of ether oxygens (including phenoxy) is 2. The zero-order valence-electron chi connectivity index (χ0n) is 14.1. The molecule has 3 rings (SSSR count). The van der Waals surface area contributed by atoms with Crippen LogP contribution in [0.4, 0.5) is 10.5 Å². The van der Waals surface area contributed by atoms with Gasteiger partial charge in [0.25, 0.3) is 0 Å². The first-order valence-corrected chi connectivity index (χ1v) is 7.89. The number of rotatable bonds is 6. The van der Waals surface area contributed by atoms with Crippen molar-refractivity contribution < 1.29 is 19.4 Å². The van der Waals surface area contributed by atoms with E-state index in [1.807, 2.05) is 24.3 Å². The molecular weight excluding hydrogens is 336 g/mol. The fourth-order valence-electron chi connectivity index (χ4n) is 2.68. The van der Waals surface area contributed by atoms with E-state index in [2.05, 4.69) is 10.2 Å². The van der Waals surface area contributed by atoms with Gasteiger partial charge in [0.15, 0.2) is 17.2 Å². The second-order valence-corrected chi connectivity index (χ2v) is 5.38. The van der Waals surface area contributed by atoms with Gasteiger partial charge in [-0.3, -0.25) is 0 Å². The van der Waals surface area contributed by atoms with Crippen LogP contribution in [0.3, 0.4) is 0 Å². The number of aromatic hydroxyl groups is 1. The summed E-state index contributed by atoms with van der Waals surface area (Å²) in [7, 11) is 1.57. The van der Waals surface area contributed by atoms with Gasteiger partial charge in [-0.05, 0) is 18.2 Å². The number of urea groups is 1. The van der Waals surface area contributed by atoms with Gasteiger partial charge in [-0.2, -0.15) is 0 Å². The van der Waals surface area contributed by atoms with Crippen LogP contribution in [0, 0.1) is 0 Å². The summed E-state index contributed by atoms with van der Waals surface area (Å²) in [5.74, 6) is 1.13. The second-order valence-electron chi connectivity index (χ2n) is 5.38. The van der Waals surface area contributed by atoms with Crippen molar-refractivity contribution in [1.29, 1.82) is 0 Å². The lowest BCUT2D eigenvalue weighted by atomic mass is 10.2. The molecule has 134 valence electrons. The molecule has 8 heteroatoms. The molecule has 0 fully saturated rings. The van der Waals surface area contributed by atoms with Crippen molar-refractivity contribution >= 4 is 22.6 Å². The number of nitrogens with zero attached hydrogens (tertiary/aromatic N) is 3. The zero-order chi connectivity index (χ0) is 18.5. The molecule has 1 aromatic heterocycles. The Kier molecular flexibility index (Phi) is 5.02. The first-order valence-electron chi connectivity index (χ1n) is 7.89. The number of aromatic nitrogens is 1. The Hall–Kier alpha value is -3.55. The highest BCUT2D eigenvalue weighted by Crippen LogP contribution is 2.38. The van der Waals surface area contributed by atoms with E-state index in [1.54, 1.807) is 35.9 Å². The Bertz CT molecular complexity index is 965. The quantitative estimate of drug-likeness (QED) is 0.659. The molecule has 26 heavy (non-hydrogen) atoms. The van der Waals surface area contributed by atoms with E-state index in [1.165, 1.54) is 0 Å². The molecule has 1 heterocycles. The van der Waals surface area contributed by atoms with Crippen molar-refractivity contribution in [3.8, 4) is 17.4 Å². The molecule has 2 aromatic carbocycles. The molecule has 3 aromatic rings. The summed E-state index contributed by atoms with van der Waals surface area (Å²) in [5, 5.41) is 18.2. The van der Waals surface area contributed by atoms with Crippen molar-refractivity contribution in [2.24, 2.45) is 16.0 Å². The number of primary amides is 1. The maximum Gasteiger partial charge on any atom is 0.356 e. The van der Waals surface area contributed by atoms with Gasteiger partial charge in [0.05, 0.1) is 19.2 Å². The molecule has 0 radical (unpaired) electrons. The summed E-state index contributed by atoms with van der Waals surface area (Å²) >= 11 is 0. The Morgan fingerprint density at radius 2 is 1.85 bits per heavy atom. The van der Waals surface area contributed by atoms with Gasteiger partial charge in [0.1, 0.15) is 6.61 Å². The average Bonchev–Trinajstić information content (AvgIpc) is 2.92. The van der Waals surface area contributed by atoms with E-state index < -0.39 is 6.03 Å². The van der Waals surface area contributed by atoms with Crippen LogP contribution < -0.4 is 15.2 Å². The largest absolute Gasteiger partial charge is 0.493 e. The van der Waals surface area contributed by atoms with Gasteiger partial charge in [-0.25, -0.2) is 4.79 Å². The molecule has 0 bridgehead atoms. The minimum absolute atomic E-state index is 0.111. The number of nitrogens with two attached hydrogens (primary N) is 1. The lowest BCUT2D eigenvalue weighted by Crippen LogP contribution is -2.08. The zero-order valence-corrected chi connectivity index (χ0v) is 14.1. The lowest BCUT2D eigenvalue weighted by Gasteiger charge is -2.11. The van der Waals surface area contributed by atoms with Gasteiger partial charge in [0, 0.05) is 5.39 Å². The molecule has 0 unspecified atom stereocenters. The topological polar surface area (TPSA) is 111 Å². The predicted octanol–water partition coefficient (Wildman–Crippen LogP) is 3.60. The van der Waals surface area contributed by atoms with Crippen LogP contribution in [0.1, 0.15) is 0 Å². The molecule has 0 saturated heterocycles. The number of hydrogen-bond donors (Lipinski definition) is 2. The molecule has 8 nitrogen and oxygen atoms in total. The number of fused-ring (bicyclic) bond motifs is 1. The fourth-order valence-corrected chi connectivity index (χ4v) is 2.68. The maximum absolute atomic E-state index is 10.9. The minimum atomic E-state index is -0.930. The number of methoxy groups -OCH3 is 1. The Morgan fingerprint density at radius 1 is 1.15 bits per heavy atom. The summed E-state index contributed by atoms with van der Waals surface area (Å²) in [4.78, 5) is 10.9. The molecule has 3 N–H and O–H groups in total. The summed E-state index contributed by atoms with van der Waals surface area (Å²) in [5.41, 5.74) is 5.93. The third-order valence-electron chi connectivity index (χ3n) is 3.81. The first-order chi connectivity index (χ1) is 12.6. The normalized spacial score (nSPS) is 11.1. The monoisotopic (exact) mass is 354 g/mol. The van der Waals surface area contributed by atoms with E-state index in [-0.39, 0.29) is 11.6 Å². The summed E-state index contributed by atoms with van der Waals surface area (Å²) in [6.45, 7) is 0.648. The number of hydrogen-bond acceptors (Lipinski definition) is 5. The van der Waals surface area contributed by atoms with Crippen LogP contribution in [0.25, 0.3) is 10.9 Å². The number of carbonyl (C=O) groups is 1. The predicted molar refractivity (Wildman–Crippen MR) is 96.2 cm³/mol. The number of carbonyl (C=O) groups excluding carboxylic acids is 1. The van der Waals surface area contributed by atoms with Crippen LogP contribution in [-0.2, 0) is 6.54 Å². The first kappa shape index (κ1) is 17.3. The van der Waals surface area contributed by atoms with E-state index in [0.717, 1.165) is 5.52 Å². The van der Waals surface area contributed by atoms with Crippen LogP contribution in [0.2, 0.25) is 0 Å². The second kappa shape index (κ2) is 7.56. The van der Waals surface area contributed by atoms with Gasteiger partial charge in [0.2, 0.25) is 5.88 Å². The Labute approximate surface area is 149 Å². The smallest absolute Gasteiger partial charge is 0.356 e. The third-order valence-corrected chi connectivity index (χ3v) is 3.81. The highest BCUT2D eigenvalue weighted by molar-refractivity contribution is 5.95. The summed E-state index contributed by atoms with van der Waals surface area (Å²) in [6, 6.07) is 13.6. The fraction of sp³-hybridized carbons (Fsp3) is 0.167. The van der Waals surface area contributed by atoms with Crippen LogP contribution in [-0.4, -0.2) is 29.4 Å². The van der Waals surface area contributed by atoms with Crippen molar-refractivity contribution in [2.45, 2.75) is 6.54 Å². The van der Waals surface area contributed by atoms with Gasteiger partial charge < -0.3 is 24.9 Å². The highest BCUT2D eigenvalue weighted by Gasteiger charge is 2.16. The Morgan fingerprint density at radius 3 is 2.58 bits per heavy atom. The number of para-hydroxylation sites is 3. The van der Waals surface area contributed by atoms with Gasteiger partial charge in [-0.1, -0.05) is 35.4 Å². The third kappa shape index (κ3) is 3.44. The lowest BCUT2D eigenvalue weighted by molar-refractivity contribution is 0.255. The molecule has 0 aliphatic carbocycles. The highest BCUT2D eigenvalue weighted by atomic mass is 16.5. The number of amides is 2. The van der Waals surface area contributed by atoms with E-state index in [9.17, 15) is 9.90 Å². The summed E-state index contributed by atoms with van der Waals surface area (Å²) < 4.78 is 12.6. The van der Waals surface area contributed by atoms with E-state index in [0.29, 0.717) is 30.0 Å². The van der Waals surface area contributed by atoms with E-state index >= 15 is 0 Å². The standard InChI is InChI=1S/C18H18N4O4/c1-25-14-8-4-5-9-15(14)26-11-10-22-13-7-3-2-6-12(13)16(17(22)23)20-21-18(19)24/h2-9,23H,10-11H2,1H3,(H2,19,24). The van der Waals surface area contributed by atoms with Crippen molar-refractivity contribution in [3.63, 3.8) is 0 Å². The van der Waals surface area contributed by atoms with Gasteiger partial charge >= 0.3 is 6.03 Å². The van der Waals surface area contributed by atoms with Crippen molar-refractivity contribution in [2.75, 3.05) is 13.7 Å². The minimum Gasteiger partial charge on any atom is -0.493 e. The Balaban J connectivity index is 1.86. The van der Waals surface area contributed by atoms with Crippen LogP contribution >= 0.6 is 0 Å². The maximum atomic E-state index is 10.9. The van der Waals surface area contributed by atoms with E-state index in [4.69, 9.17) is 15.2 Å². The van der Waals surface area contributed by atoms with Crippen molar-refractivity contribution in [1.82, 2.24) is 4.57 Å². The van der Waals surface area contributed by atoms with Crippen LogP contribution in [0.15, 0.2) is 58.8 Å². The molecule has 0 spiro atoms. The molecule has 0 aliphatic heterocycles. The average molecular weight is 354 g/mol. The number of azo groups is 1. The molecule has 0 aliphatic rings. The van der Waals surface area contributed by atoms with Crippen molar-refractivity contribution in [3.05, 3.63) is 48.5 Å². The molecule has 0 atom stereocenters. The summed E-state index contributed by atoms with van der Waals surface area (Å²) in [6.07, 6.45) is 0. The molecule has 0 saturated carbocycles.